The minimum Gasteiger partial charge on any atom is -0.351 e. The molecule has 38 valence electrons. The highest BCUT2D eigenvalue weighted by Crippen LogP contribution is 1.70. The predicted molar refractivity (Wildman–Crippen MR) is 26.2 cm³/mol. The third kappa shape index (κ3) is 1.66. The van der Waals surface area contributed by atoms with Gasteiger partial charge in [0.25, 0.3) is 0 Å². The van der Waals surface area contributed by atoms with E-state index in [1.807, 2.05) is 6.04 Å². The first kappa shape index (κ1) is 5.83. The van der Waals surface area contributed by atoms with Gasteiger partial charge in [0.2, 0.25) is 0 Å². The number of terminal acetylenes is 1. The fourth-order valence-electron chi connectivity index (χ4n) is 0.0636. The molecule has 0 rings (SSSR count). The molecule has 0 saturated carbocycles. The Morgan fingerprint density at radius 2 is 2.43 bits per heavy atom. The van der Waals surface area contributed by atoms with E-state index in [-0.39, 0.29) is 0 Å². The SMILES string of the molecule is C#CN(C)C(N)=O. The number of amides is 2. The zero-order chi connectivity index (χ0) is 5.86. The van der Waals surface area contributed by atoms with Crippen molar-refractivity contribution < 1.29 is 4.79 Å². The van der Waals surface area contributed by atoms with Crippen molar-refractivity contribution in [3.05, 3.63) is 0 Å². The molecular weight excluding hydrogens is 92.1 g/mol. The van der Waals surface area contributed by atoms with Crippen LogP contribution in [0.3, 0.4) is 0 Å². The fourth-order valence-corrected chi connectivity index (χ4v) is 0.0636. The molecule has 0 bridgehead atoms. The Morgan fingerprint density at radius 1 is 2.00 bits per heavy atom. The molecule has 0 heterocycles. The van der Waals surface area contributed by atoms with Crippen LogP contribution in [0.2, 0.25) is 0 Å². The number of hydrogen-bond acceptors (Lipinski definition) is 1. The largest absolute Gasteiger partial charge is 0.351 e. The molecule has 0 unspecified atom stereocenters. The van der Waals surface area contributed by atoms with Gasteiger partial charge in [-0.25, -0.2) is 4.79 Å². The second kappa shape index (κ2) is 2.08. The Balaban J connectivity index is 3.63. The Labute approximate surface area is 42.1 Å². The zero-order valence-electron chi connectivity index (χ0n) is 4.01. The van der Waals surface area contributed by atoms with Gasteiger partial charge in [-0.05, 0) is 0 Å². The molecule has 7 heavy (non-hydrogen) atoms. The second-order valence-electron chi connectivity index (χ2n) is 1.03. The van der Waals surface area contributed by atoms with E-state index in [4.69, 9.17) is 12.2 Å². The average Bonchev–Trinajstić information content (AvgIpc) is 1.65. The number of carbonyl (C=O) groups is 1. The van der Waals surface area contributed by atoms with Gasteiger partial charge in [-0.2, -0.15) is 0 Å². The molecule has 0 aliphatic rings. The lowest BCUT2D eigenvalue weighted by molar-refractivity contribution is 0.233. The lowest BCUT2D eigenvalue weighted by Crippen LogP contribution is -2.27. The number of rotatable bonds is 0. The van der Waals surface area contributed by atoms with Crippen LogP contribution in [0.25, 0.3) is 0 Å². The summed E-state index contributed by atoms with van der Waals surface area (Å²) >= 11 is 0. The highest BCUT2D eigenvalue weighted by atomic mass is 16.2. The Kier molecular flexibility index (Phi) is 1.74. The predicted octanol–water partition coefficient (Wildman–Crippen LogP) is -0.412. The molecule has 0 aliphatic heterocycles. The van der Waals surface area contributed by atoms with Crippen molar-refractivity contribution in [2.75, 3.05) is 7.05 Å². The third-order valence-electron chi connectivity index (χ3n) is 0.524. The molecule has 0 atom stereocenters. The van der Waals surface area contributed by atoms with Crippen molar-refractivity contribution in [3.63, 3.8) is 0 Å². The smallest absolute Gasteiger partial charge is 0.326 e. The van der Waals surface area contributed by atoms with Gasteiger partial charge >= 0.3 is 6.03 Å². The number of nitrogens with two attached hydrogens (primary N) is 1. The Hall–Kier alpha value is -1.17. The van der Waals surface area contributed by atoms with Crippen molar-refractivity contribution in [1.29, 1.82) is 0 Å². The lowest BCUT2D eigenvalue weighted by atomic mass is 10.8. The molecule has 0 aromatic rings. The maximum atomic E-state index is 9.94. The highest BCUT2D eigenvalue weighted by molar-refractivity contribution is 5.73. The molecule has 0 aromatic heterocycles. The van der Waals surface area contributed by atoms with Gasteiger partial charge in [-0.1, -0.05) is 6.42 Å². The van der Waals surface area contributed by atoms with Crippen LogP contribution in [0.1, 0.15) is 0 Å². The molecule has 2 amide bonds. The summed E-state index contributed by atoms with van der Waals surface area (Å²) in [4.78, 5) is 10.9. The summed E-state index contributed by atoms with van der Waals surface area (Å²) in [5.74, 6) is 0. The van der Waals surface area contributed by atoms with Crippen LogP contribution in [0.15, 0.2) is 0 Å². The number of urea groups is 1. The molecular formula is C4H6N2O. The van der Waals surface area contributed by atoms with Gasteiger partial charge in [0.05, 0.1) is 0 Å². The maximum absolute atomic E-state index is 9.94. The van der Waals surface area contributed by atoms with Crippen LogP contribution in [-0.4, -0.2) is 18.0 Å². The summed E-state index contributed by atoms with van der Waals surface area (Å²) in [6.45, 7) is 0. The minimum absolute atomic E-state index is 0.609. The average molecular weight is 98.1 g/mol. The van der Waals surface area contributed by atoms with Crippen molar-refractivity contribution in [2.45, 2.75) is 0 Å². The maximum Gasteiger partial charge on any atom is 0.326 e. The molecule has 0 spiro atoms. The number of primary amides is 1. The molecule has 0 aromatic carbocycles. The van der Waals surface area contributed by atoms with E-state index in [9.17, 15) is 4.79 Å². The molecule has 0 radical (unpaired) electrons. The monoisotopic (exact) mass is 98.0 g/mol. The van der Waals surface area contributed by atoms with Gasteiger partial charge in [-0.15, -0.1) is 0 Å². The Bertz CT molecular complexity index is 113. The number of nitrogens with zero attached hydrogens (tertiary/aromatic N) is 1. The molecule has 3 heteroatoms. The summed E-state index contributed by atoms with van der Waals surface area (Å²) in [6, 6.07) is 1.41. The lowest BCUT2D eigenvalue weighted by Gasteiger charge is -2.00. The number of hydrogen-bond donors (Lipinski definition) is 1. The highest BCUT2D eigenvalue weighted by Gasteiger charge is 1.93. The van der Waals surface area contributed by atoms with E-state index < -0.39 is 6.03 Å². The van der Waals surface area contributed by atoms with Gasteiger partial charge in [-0.3, -0.25) is 4.90 Å². The summed E-state index contributed by atoms with van der Waals surface area (Å²) in [7, 11) is 1.42. The summed E-state index contributed by atoms with van der Waals surface area (Å²) in [5.41, 5.74) is 4.69. The third-order valence-corrected chi connectivity index (χ3v) is 0.524. The molecule has 2 N–H and O–H groups in total. The van der Waals surface area contributed by atoms with Crippen LogP contribution in [0.4, 0.5) is 4.79 Å². The van der Waals surface area contributed by atoms with Gasteiger partial charge < -0.3 is 5.73 Å². The molecule has 0 saturated heterocycles. The standard InChI is InChI=1S/C4H6N2O/c1-3-6(2)4(5)7/h1H,2H3,(H2,5,7). The van der Waals surface area contributed by atoms with Gasteiger partial charge in [0.15, 0.2) is 0 Å². The summed E-state index contributed by atoms with van der Waals surface area (Å²) in [5, 5.41) is 0. The fraction of sp³-hybridized carbons (Fsp3) is 0.250. The van der Waals surface area contributed by atoms with E-state index in [1.54, 1.807) is 0 Å². The second-order valence-corrected chi connectivity index (χ2v) is 1.03. The summed E-state index contributed by atoms with van der Waals surface area (Å²) < 4.78 is 0. The van der Waals surface area contributed by atoms with E-state index >= 15 is 0 Å². The molecule has 0 aliphatic carbocycles. The van der Waals surface area contributed by atoms with Crippen LogP contribution in [-0.2, 0) is 0 Å². The number of carbonyl (C=O) groups excluding carboxylic acids is 1. The van der Waals surface area contributed by atoms with Crippen LogP contribution in [0, 0.1) is 12.5 Å². The minimum atomic E-state index is -0.609. The normalized spacial score (nSPS) is 6.86. The van der Waals surface area contributed by atoms with Crippen LogP contribution in [0.5, 0.6) is 0 Å². The first-order chi connectivity index (χ1) is 3.18. The van der Waals surface area contributed by atoms with Crippen LogP contribution < -0.4 is 5.73 Å². The van der Waals surface area contributed by atoms with E-state index in [2.05, 4.69) is 0 Å². The van der Waals surface area contributed by atoms with Crippen LogP contribution >= 0.6 is 0 Å². The van der Waals surface area contributed by atoms with Crippen molar-refractivity contribution in [3.8, 4) is 12.5 Å². The van der Waals surface area contributed by atoms with E-state index in [0.717, 1.165) is 4.90 Å². The Morgan fingerprint density at radius 3 is 2.43 bits per heavy atom. The van der Waals surface area contributed by atoms with Gasteiger partial charge in [0.1, 0.15) is 0 Å². The van der Waals surface area contributed by atoms with Crippen molar-refractivity contribution in [2.24, 2.45) is 5.73 Å². The van der Waals surface area contributed by atoms with E-state index in [0.29, 0.717) is 0 Å². The summed E-state index contributed by atoms with van der Waals surface area (Å²) in [6.07, 6.45) is 4.75. The molecule has 0 fully saturated rings. The van der Waals surface area contributed by atoms with E-state index in [1.165, 1.54) is 7.05 Å². The molecule has 3 nitrogen and oxygen atoms in total. The van der Waals surface area contributed by atoms with Gasteiger partial charge in [0, 0.05) is 13.1 Å². The van der Waals surface area contributed by atoms with Crippen molar-refractivity contribution in [1.82, 2.24) is 4.90 Å². The van der Waals surface area contributed by atoms with Crippen molar-refractivity contribution >= 4 is 6.03 Å². The topological polar surface area (TPSA) is 46.3 Å². The quantitative estimate of drug-likeness (QED) is 0.325. The zero-order valence-corrected chi connectivity index (χ0v) is 4.01. The first-order valence-electron chi connectivity index (χ1n) is 1.68. The first-order valence-corrected chi connectivity index (χ1v) is 1.68.